The van der Waals surface area contributed by atoms with Crippen molar-refractivity contribution in [2.75, 3.05) is 0 Å². The minimum atomic E-state index is 0.746. The first kappa shape index (κ1) is 10.8. The van der Waals surface area contributed by atoms with Gasteiger partial charge < -0.3 is 0 Å². The highest BCUT2D eigenvalue weighted by molar-refractivity contribution is 9.09. The van der Waals surface area contributed by atoms with E-state index in [9.17, 15) is 0 Å². The summed E-state index contributed by atoms with van der Waals surface area (Å²) in [7, 11) is 1.99. The molecule has 1 aromatic heterocycles. The molecule has 2 saturated heterocycles. The van der Waals surface area contributed by atoms with E-state index in [4.69, 9.17) is 0 Å². The quantitative estimate of drug-likeness (QED) is 0.777. The van der Waals surface area contributed by atoms with Crippen molar-refractivity contribution in [2.45, 2.75) is 49.1 Å². The van der Waals surface area contributed by atoms with Crippen LogP contribution in [0, 0.1) is 0 Å². The molecule has 0 radical (unpaired) electrons. The van der Waals surface area contributed by atoms with E-state index in [0.717, 1.165) is 23.5 Å². The average Bonchev–Trinajstić information content (AvgIpc) is 2.72. The Hall–Kier alpha value is -0.350. The summed E-state index contributed by atoms with van der Waals surface area (Å²) in [6, 6.07) is 1.59. The number of hydrogen-bond donors (Lipinski definition) is 0. The molecule has 16 heavy (non-hydrogen) atoms. The maximum Gasteiger partial charge on any atom is 0.0534 e. The Labute approximate surface area is 105 Å². The summed E-state index contributed by atoms with van der Waals surface area (Å²) in [5.41, 5.74) is 1.35. The second-order valence-electron chi connectivity index (χ2n) is 5.15. The maximum absolute atomic E-state index is 4.25. The second kappa shape index (κ2) is 4.15. The molecule has 4 heteroatoms. The molecule has 2 fully saturated rings. The number of nitrogens with zero attached hydrogens (tertiary/aromatic N) is 3. The molecule has 0 N–H and O–H groups in total. The molecule has 0 aliphatic carbocycles. The van der Waals surface area contributed by atoms with E-state index in [1.807, 2.05) is 17.9 Å². The first-order valence-corrected chi connectivity index (χ1v) is 7.01. The summed E-state index contributed by atoms with van der Waals surface area (Å²) in [5.74, 6) is 0. The number of aryl methyl sites for hydroxylation is 1. The van der Waals surface area contributed by atoms with E-state index in [1.165, 1.54) is 31.2 Å². The van der Waals surface area contributed by atoms with Crippen molar-refractivity contribution in [2.24, 2.45) is 7.05 Å². The number of fused-ring (bicyclic) bond motifs is 2. The zero-order valence-corrected chi connectivity index (χ0v) is 11.2. The molecule has 88 valence electrons. The average molecular weight is 284 g/mol. The van der Waals surface area contributed by atoms with Crippen LogP contribution in [0.15, 0.2) is 12.4 Å². The number of halogens is 1. The molecule has 1 aromatic rings. The molecule has 0 saturated carbocycles. The van der Waals surface area contributed by atoms with Crippen LogP contribution in [-0.4, -0.2) is 31.6 Å². The summed E-state index contributed by atoms with van der Waals surface area (Å²) < 4.78 is 1.90. The molecular weight excluding hydrogens is 266 g/mol. The lowest BCUT2D eigenvalue weighted by atomic mass is 10.0. The van der Waals surface area contributed by atoms with E-state index < -0.39 is 0 Å². The van der Waals surface area contributed by atoms with Crippen LogP contribution in [0.1, 0.15) is 31.2 Å². The van der Waals surface area contributed by atoms with Gasteiger partial charge in [0.25, 0.3) is 0 Å². The Bertz CT molecular complexity index is 362. The van der Waals surface area contributed by atoms with E-state index in [-0.39, 0.29) is 0 Å². The summed E-state index contributed by atoms with van der Waals surface area (Å²) >= 11 is 3.78. The van der Waals surface area contributed by atoms with Gasteiger partial charge in [0.2, 0.25) is 0 Å². The molecule has 0 spiro atoms. The fourth-order valence-electron chi connectivity index (χ4n) is 3.23. The van der Waals surface area contributed by atoms with Crippen molar-refractivity contribution >= 4 is 15.9 Å². The van der Waals surface area contributed by atoms with Gasteiger partial charge in [0.05, 0.1) is 6.20 Å². The fraction of sp³-hybridized carbons (Fsp3) is 0.750. The Morgan fingerprint density at radius 1 is 1.38 bits per heavy atom. The summed E-state index contributed by atoms with van der Waals surface area (Å²) in [5, 5.41) is 4.25. The van der Waals surface area contributed by atoms with Crippen LogP contribution in [0.3, 0.4) is 0 Å². The molecule has 3 heterocycles. The van der Waals surface area contributed by atoms with Crippen molar-refractivity contribution in [1.29, 1.82) is 0 Å². The highest BCUT2D eigenvalue weighted by Crippen LogP contribution is 2.39. The van der Waals surface area contributed by atoms with Crippen LogP contribution < -0.4 is 0 Å². The standard InChI is InChI=1S/C12H18BrN3/c1-15-7-9(6-14-15)8-16-11-2-3-12(16)5-10(13)4-11/h6-7,10-12H,2-5,8H2,1H3. The number of alkyl halides is 1. The first-order chi connectivity index (χ1) is 7.72. The lowest BCUT2D eigenvalue weighted by Crippen LogP contribution is -2.42. The van der Waals surface area contributed by atoms with Gasteiger partial charge in [-0.2, -0.15) is 5.10 Å². The van der Waals surface area contributed by atoms with Crippen LogP contribution in [0.4, 0.5) is 0 Å². The number of hydrogen-bond acceptors (Lipinski definition) is 2. The minimum Gasteiger partial charge on any atom is -0.293 e. The normalized spacial score (nSPS) is 34.5. The van der Waals surface area contributed by atoms with Crippen molar-refractivity contribution in [1.82, 2.24) is 14.7 Å². The molecule has 3 rings (SSSR count). The predicted octanol–water partition coefficient (Wildman–Crippen LogP) is 2.31. The summed E-state index contributed by atoms with van der Waals surface area (Å²) in [4.78, 5) is 3.43. The number of rotatable bonds is 2. The van der Waals surface area contributed by atoms with Crippen LogP contribution in [0.25, 0.3) is 0 Å². The van der Waals surface area contributed by atoms with E-state index in [1.54, 1.807) is 0 Å². The molecule has 3 nitrogen and oxygen atoms in total. The second-order valence-corrected chi connectivity index (χ2v) is 6.44. The minimum absolute atomic E-state index is 0.746. The van der Waals surface area contributed by atoms with Gasteiger partial charge in [-0.15, -0.1) is 0 Å². The maximum atomic E-state index is 4.25. The number of aromatic nitrogens is 2. The molecular formula is C12H18BrN3. The topological polar surface area (TPSA) is 21.1 Å². The van der Waals surface area contributed by atoms with Gasteiger partial charge >= 0.3 is 0 Å². The first-order valence-electron chi connectivity index (χ1n) is 6.09. The summed E-state index contributed by atoms with van der Waals surface area (Å²) in [6.45, 7) is 1.09. The van der Waals surface area contributed by atoms with Gasteiger partial charge in [-0.25, -0.2) is 0 Å². The Morgan fingerprint density at radius 2 is 2.06 bits per heavy atom. The molecule has 2 unspecified atom stereocenters. The highest BCUT2D eigenvalue weighted by Gasteiger charge is 2.39. The fourth-order valence-corrected chi connectivity index (χ4v) is 4.09. The molecule has 2 aliphatic rings. The zero-order chi connectivity index (χ0) is 11.1. The number of piperidine rings is 1. The largest absolute Gasteiger partial charge is 0.293 e. The third-order valence-corrected chi connectivity index (χ3v) is 4.70. The molecule has 2 aliphatic heterocycles. The van der Waals surface area contributed by atoms with Gasteiger partial charge in [0, 0.05) is 42.3 Å². The molecule has 0 aromatic carbocycles. The van der Waals surface area contributed by atoms with Crippen molar-refractivity contribution in [3.8, 4) is 0 Å². The third kappa shape index (κ3) is 1.93. The van der Waals surface area contributed by atoms with E-state index in [0.29, 0.717) is 0 Å². The lowest BCUT2D eigenvalue weighted by molar-refractivity contribution is 0.137. The Kier molecular flexibility index (Phi) is 2.80. The summed E-state index contributed by atoms with van der Waals surface area (Å²) in [6.07, 6.45) is 9.53. The van der Waals surface area contributed by atoms with Crippen molar-refractivity contribution < 1.29 is 0 Å². The zero-order valence-electron chi connectivity index (χ0n) is 9.64. The van der Waals surface area contributed by atoms with Gasteiger partial charge in [0.1, 0.15) is 0 Å². The molecule has 0 amide bonds. The Morgan fingerprint density at radius 3 is 2.62 bits per heavy atom. The van der Waals surface area contributed by atoms with Gasteiger partial charge in [0.15, 0.2) is 0 Å². The van der Waals surface area contributed by atoms with Gasteiger partial charge in [-0.1, -0.05) is 15.9 Å². The van der Waals surface area contributed by atoms with Crippen LogP contribution in [0.5, 0.6) is 0 Å². The monoisotopic (exact) mass is 283 g/mol. The molecule has 2 bridgehead atoms. The van der Waals surface area contributed by atoms with E-state index >= 15 is 0 Å². The lowest BCUT2D eigenvalue weighted by Gasteiger charge is -2.36. The molecule has 2 atom stereocenters. The SMILES string of the molecule is Cn1cc(CN2C3CCC2CC(Br)C3)cn1. The predicted molar refractivity (Wildman–Crippen MR) is 67.5 cm³/mol. The van der Waals surface area contributed by atoms with Crippen LogP contribution >= 0.6 is 15.9 Å². The van der Waals surface area contributed by atoms with Crippen molar-refractivity contribution in [3.05, 3.63) is 18.0 Å². The van der Waals surface area contributed by atoms with Gasteiger partial charge in [-0.3, -0.25) is 9.58 Å². The van der Waals surface area contributed by atoms with Gasteiger partial charge in [-0.05, 0) is 25.7 Å². The van der Waals surface area contributed by atoms with Crippen molar-refractivity contribution in [3.63, 3.8) is 0 Å². The third-order valence-electron chi connectivity index (χ3n) is 3.95. The van der Waals surface area contributed by atoms with E-state index in [2.05, 4.69) is 32.1 Å². The highest BCUT2D eigenvalue weighted by atomic mass is 79.9. The Balaban J connectivity index is 1.72. The van der Waals surface area contributed by atoms with Crippen LogP contribution in [-0.2, 0) is 13.6 Å². The van der Waals surface area contributed by atoms with Crippen LogP contribution in [0.2, 0.25) is 0 Å². The smallest absolute Gasteiger partial charge is 0.0534 e.